The molecule has 0 amide bonds. The summed E-state index contributed by atoms with van der Waals surface area (Å²) in [5.41, 5.74) is 0.191. The van der Waals surface area contributed by atoms with Gasteiger partial charge >= 0.3 is 7.12 Å². The van der Waals surface area contributed by atoms with Gasteiger partial charge in [-0.15, -0.1) is 0 Å². The number of hydrogen-bond acceptors (Lipinski definition) is 4. The highest BCUT2D eigenvalue weighted by atomic mass is 16.7. The Hall–Kier alpha value is -1.14. The van der Waals surface area contributed by atoms with Crippen molar-refractivity contribution in [2.75, 3.05) is 0 Å². The van der Waals surface area contributed by atoms with E-state index in [1.807, 2.05) is 39.7 Å². The number of nitrogens with zero attached hydrogens (tertiary/aromatic N) is 3. The van der Waals surface area contributed by atoms with Gasteiger partial charge in [0.1, 0.15) is 5.69 Å². The van der Waals surface area contributed by atoms with Crippen LogP contribution in [-0.4, -0.2) is 33.3 Å². The predicted octanol–water partition coefficient (Wildman–Crippen LogP) is 1.46. The maximum atomic E-state index is 5.83. The summed E-state index contributed by atoms with van der Waals surface area (Å²) in [6.45, 7) is 8.12. The van der Waals surface area contributed by atoms with Gasteiger partial charge in [-0.3, -0.25) is 0 Å². The summed E-state index contributed by atoms with van der Waals surface area (Å²) in [6, 6.07) is 0. The van der Waals surface area contributed by atoms with Crippen molar-refractivity contribution >= 4 is 13.2 Å². The number of rotatable bonds is 2. The van der Waals surface area contributed by atoms with Crippen LogP contribution in [0.2, 0.25) is 0 Å². The Morgan fingerprint density at radius 2 is 1.82 bits per heavy atom. The van der Waals surface area contributed by atoms with Gasteiger partial charge in [0.25, 0.3) is 0 Å². The van der Waals surface area contributed by atoms with Crippen molar-refractivity contribution in [1.82, 2.24) is 15.0 Å². The Morgan fingerprint density at radius 3 is 2.29 bits per heavy atom. The summed E-state index contributed by atoms with van der Waals surface area (Å²) in [7, 11) is 1.45. The molecule has 1 aromatic rings. The molecule has 0 aliphatic carbocycles. The van der Waals surface area contributed by atoms with E-state index >= 15 is 0 Å². The summed E-state index contributed by atoms with van der Waals surface area (Å²) in [5, 5.41) is 8.14. The first-order valence-electron chi connectivity index (χ1n) is 5.70. The first kappa shape index (κ1) is 12.3. The standard InChI is InChI=1S/C11H18BN3O2/c1-10(2)11(3,4)17-12(16-10)7-6-9-8-13-15(5)14-9/h6-8H,1-5H3/b7-6+. The van der Waals surface area contributed by atoms with Crippen LogP contribution in [0, 0.1) is 0 Å². The Kier molecular flexibility index (Phi) is 2.87. The Morgan fingerprint density at radius 1 is 1.24 bits per heavy atom. The second-order valence-electron chi connectivity index (χ2n) is 5.24. The minimum atomic E-state index is -0.331. The van der Waals surface area contributed by atoms with Crippen LogP contribution in [0.5, 0.6) is 0 Å². The van der Waals surface area contributed by atoms with Crippen molar-refractivity contribution in [1.29, 1.82) is 0 Å². The fourth-order valence-corrected chi connectivity index (χ4v) is 1.58. The van der Waals surface area contributed by atoms with Gasteiger partial charge in [0.05, 0.1) is 17.4 Å². The zero-order valence-corrected chi connectivity index (χ0v) is 11.0. The number of hydrogen-bond donors (Lipinski definition) is 0. The second kappa shape index (κ2) is 3.96. The Labute approximate surface area is 102 Å². The Bertz CT molecular complexity index is 424. The van der Waals surface area contributed by atoms with Crippen LogP contribution in [0.25, 0.3) is 6.08 Å². The molecule has 1 aliphatic rings. The molecule has 17 heavy (non-hydrogen) atoms. The maximum Gasteiger partial charge on any atom is 0.487 e. The highest BCUT2D eigenvalue weighted by Gasteiger charge is 2.49. The SMILES string of the molecule is Cn1ncc(/C=C/B2OC(C)(C)C(C)(C)O2)n1. The van der Waals surface area contributed by atoms with Gasteiger partial charge in [0.2, 0.25) is 0 Å². The molecule has 0 atom stereocenters. The third-order valence-electron chi connectivity index (χ3n) is 3.31. The molecule has 0 unspecified atom stereocenters. The van der Waals surface area contributed by atoms with Gasteiger partial charge < -0.3 is 9.31 Å². The van der Waals surface area contributed by atoms with E-state index in [2.05, 4.69) is 10.2 Å². The van der Waals surface area contributed by atoms with E-state index in [1.165, 1.54) is 4.80 Å². The summed E-state index contributed by atoms with van der Waals surface area (Å²) in [4.78, 5) is 1.52. The van der Waals surface area contributed by atoms with Crippen LogP contribution in [0.1, 0.15) is 33.4 Å². The first-order valence-corrected chi connectivity index (χ1v) is 5.70. The molecule has 1 saturated heterocycles. The maximum absolute atomic E-state index is 5.83. The quantitative estimate of drug-likeness (QED) is 0.728. The van der Waals surface area contributed by atoms with Gasteiger partial charge in [0.15, 0.2) is 0 Å². The van der Waals surface area contributed by atoms with Crippen LogP contribution in [0.3, 0.4) is 0 Å². The topological polar surface area (TPSA) is 49.2 Å². The Balaban J connectivity index is 2.05. The normalized spacial score (nSPS) is 22.5. The average Bonchev–Trinajstić information content (AvgIpc) is 2.67. The zero-order chi connectivity index (χ0) is 12.7. The minimum Gasteiger partial charge on any atom is -0.400 e. The lowest BCUT2D eigenvalue weighted by atomic mass is 9.90. The average molecular weight is 235 g/mol. The highest BCUT2D eigenvalue weighted by Crippen LogP contribution is 2.36. The van der Waals surface area contributed by atoms with E-state index in [4.69, 9.17) is 9.31 Å². The van der Waals surface area contributed by atoms with Gasteiger partial charge in [0, 0.05) is 7.05 Å². The summed E-state index contributed by atoms with van der Waals surface area (Å²) in [5.74, 6) is 1.86. The molecule has 1 fully saturated rings. The molecular formula is C11H18BN3O2. The summed E-state index contributed by atoms with van der Waals surface area (Å²) >= 11 is 0. The van der Waals surface area contributed by atoms with Crippen LogP contribution in [0.4, 0.5) is 0 Å². The number of aromatic nitrogens is 3. The largest absolute Gasteiger partial charge is 0.487 e. The molecule has 0 radical (unpaired) electrons. The molecular weight excluding hydrogens is 217 g/mol. The van der Waals surface area contributed by atoms with E-state index in [1.54, 1.807) is 13.2 Å². The van der Waals surface area contributed by atoms with Crippen LogP contribution >= 0.6 is 0 Å². The van der Waals surface area contributed by atoms with Gasteiger partial charge in [-0.1, -0.05) is 5.98 Å². The van der Waals surface area contributed by atoms with Crippen molar-refractivity contribution in [3.05, 3.63) is 17.9 Å². The van der Waals surface area contributed by atoms with E-state index < -0.39 is 0 Å². The van der Waals surface area contributed by atoms with E-state index in [0.717, 1.165) is 5.69 Å². The first-order chi connectivity index (χ1) is 7.80. The zero-order valence-electron chi connectivity index (χ0n) is 11.0. The lowest BCUT2D eigenvalue weighted by molar-refractivity contribution is 0.00578. The smallest absolute Gasteiger partial charge is 0.400 e. The molecule has 1 aliphatic heterocycles. The predicted molar refractivity (Wildman–Crippen MR) is 66.1 cm³/mol. The molecule has 5 nitrogen and oxygen atoms in total. The van der Waals surface area contributed by atoms with Crippen molar-refractivity contribution in [3.63, 3.8) is 0 Å². The van der Waals surface area contributed by atoms with Crippen LogP contribution in [-0.2, 0) is 16.4 Å². The van der Waals surface area contributed by atoms with Crippen molar-refractivity contribution < 1.29 is 9.31 Å². The highest BCUT2D eigenvalue weighted by molar-refractivity contribution is 6.52. The third kappa shape index (κ3) is 2.42. The molecule has 2 heterocycles. The van der Waals surface area contributed by atoms with Gasteiger partial charge in [-0.05, 0) is 33.8 Å². The molecule has 0 saturated carbocycles. The lowest BCUT2D eigenvalue weighted by Crippen LogP contribution is -2.41. The molecule has 0 aromatic carbocycles. The number of aryl methyl sites for hydroxylation is 1. The fraction of sp³-hybridized carbons (Fsp3) is 0.636. The second-order valence-corrected chi connectivity index (χ2v) is 5.24. The van der Waals surface area contributed by atoms with Gasteiger partial charge in [-0.25, -0.2) is 0 Å². The van der Waals surface area contributed by atoms with Crippen LogP contribution in [0.15, 0.2) is 12.2 Å². The van der Waals surface area contributed by atoms with Crippen molar-refractivity contribution in [2.24, 2.45) is 7.05 Å². The van der Waals surface area contributed by atoms with Crippen molar-refractivity contribution in [3.8, 4) is 0 Å². The molecule has 0 N–H and O–H groups in total. The van der Waals surface area contributed by atoms with Gasteiger partial charge in [-0.2, -0.15) is 15.0 Å². The van der Waals surface area contributed by atoms with E-state index in [9.17, 15) is 0 Å². The minimum absolute atomic E-state index is 0.301. The monoisotopic (exact) mass is 235 g/mol. The molecule has 6 heteroatoms. The third-order valence-corrected chi connectivity index (χ3v) is 3.31. The van der Waals surface area contributed by atoms with Crippen molar-refractivity contribution in [2.45, 2.75) is 38.9 Å². The molecule has 0 spiro atoms. The lowest BCUT2D eigenvalue weighted by Gasteiger charge is -2.32. The van der Waals surface area contributed by atoms with Crippen LogP contribution < -0.4 is 0 Å². The molecule has 0 bridgehead atoms. The van der Waals surface area contributed by atoms with E-state index in [0.29, 0.717) is 0 Å². The molecule has 1 aromatic heterocycles. The summed E-state index contributed by atoms with van der Waals surface area (Å²) < 4.78 is 11.7. The fourth-order valence-electron chi connectivity index (χ4n) is 1.58. The molecule has 92 valence electrons. The molecule has 2 rings (SSSR count). The van der Waals surface area contributed by atoms with E-state index in [-0.39, 0.29) is 18.3 Å². The summed E-state index contributed by atoms with van der Waals surface area (Å²) in [6.07, 6.45) is 3.55.